The van der Waals surface area contributed by atoms with Crippen molar-refractivity contribution in [2.24, 2.45) is 5.92 Å². The van der Waals surface area contributed by atoms with Crippen molar-refractivity contribution in [3.63, 3.8) is 0 Å². The summed E-state index contributed by atoms with van der Waals surface area (Å²) in [4.78, 5) is 14.4. The van der Waals surface area contributed by atoms with E-state index in [4.69, 9.17) is 4.74 Å². The van der Waals surface area contributed by atoms with E-state index in [0.29, 0.717) is 18.1 Å². The lowest BCUT2D eigenvalue weighted by Gasteiger charge is -2.36. The number of likely N-dealkylation sites (tertiary alicyclic amines) is 1. The van der Waals surface area contributed by atoms with Crippen LogP contribution in [0.5, 0.6) is 0 Å². The van der Waals surface area contributed by atoms with Gasteiger partial charge in [0.15, 0.2) is 0 Å². The highest BCUT2D eigenvalue weighted by molar-refractivity contribution is 5.79. The Hall–Kier alpha value is -0.610. The number of methoxy groups -OCH3 is 1. The van der Waals surface area contributed by atoms with Gasteiger partial charge in [-0.3, -0.25) is 4.79 Å². The van der Waals surface area contributed by atoms with Crippen LogP contribution in [-0.4, -0.2) is 49.7 Å². The van der Waals surface area contributed by atoms with Crippen molar-refractivity contribution in [2.75, 3.05) is 26.7 Å². The predicted molar refractivity (Wildman–Crippen MR) is 66.8 cm³/mol. The van der Waals surface area contributed by atoms with Crippen molar-refractivity contribution in [3.8, 4) is 0 Å². The highest BCUT2D eigenvalue weighted by Crippen LogP contribution is 2.21. The first-order valence-electron chi connectivity index (χ1n) is 6.75. The lowest BCUT2D eigenvalue weighted by molar-refractivity contribution is -0.139. The minimum absolute atomic E-state index is 0.241. The van der Waals surface area contributed by atoms with Gasteiger partial charge < -0.3 is 15.0 Å². The number of nitrogens with zero attached hydrogens (tertiary/aromatic N) is 1. The molecular formula is C13H24N2O2. The number of carbonyl (C=O) groups excluding carboxylic acids is 1. The van der Waals surface area contributed by atoms with Crippen LogP contribution in [0.3, 0.4) is 0 Å². The van der Waals surface area contributed by atoms with Gasteiger partial charge in [0.1, 0.15) is 0 Å². The highest BCUT2D eigenvalue weighted by Gasteiger charge is 2.30. The van der Waals surface area contributed by atoms with Crippen LogP contribution in [-0.2, 0) is 9.53 Å². The second kappa shape index (κ2) is 5.83. The minimum atomic E-state index is 0.241. The van der Waals surface area contributed by atoms with Gasteiger partial charge >= 0.3 is 0 Å². The molecule has 0 aliphatic carbocycles. The maximum Gasteiger partial charge on any atom is 0.225 e. The van der Waals surface area contributed by atoms with E-state index in [1.807, 2.05) is 4.90 Å². The quantitative estimate of drug-likeness (QED) is 0.783. The van der Waals surface area contributed by atoms with Gasteiger partial charge in [-0.15, -0.1) is 0 Å². The van der Waals surface area contributed by atoms with Crippen molar-refractivity contribution in [3.05, 3.63) is 0 Å². The van der Waals surface area contributed by atoms with Crippen molar-refractivity contribution in [2.45, 2.75) is 44.8 Å². The third-order valence-corrected chi connectivity index (χ3v) is 4.06. The second-order valence-corrected chi connectivity index (χ2v) is 5.34. The number of rotatable bonds is 2. The molecule has 0 aromatic carbocycles. The molecule has 4 nitrogen and oxygen atoms in total. The lowest BCUT2D eigenvalue weighted by atomic mass is 9.91. The van der Waals surface area contributed by atoms with Gasteiger partial charge in [0.25, 0.3) is 0 Å². The summed E-state index contributed by atoms with van der Waals surface area (Å²) in [5.41, 5.74) is 0. The fraction of sp³-hybridized carbons (Fsp3) is 0.923. The number of amides is 1. The van der Waals surface area contributed by atoms with Crippen LogP contribution in [0.1, 0.15) is 32.6 Å². The van der Waals surface area contributed by atoms with Gasteiger partial charge in [0.05, 0.1) is 6.10 Å². The van der Waals surface area contributed by atoms with Gasteiger partial charge in [0.2, 0.25) is 5.91 Å². The fourth-order valence-electron chi connectivity index (χ4n) is 2.93. The number of nitrogens with one attached hydrogen (secondary N) is 1. The summed E-state index contributed by atoms with van der Waals surface area (Å²) >= 11 is 0. The first-order chi connectivity index (χ1) is 8.20. The van der Waals surface area contributed by atoms with Crippen LogP contribution in [0.15, 0.2) is 0 Å². The molecular weight excluding hydrogens is 216 g/mol. The van der Waals surface area contributed by atoms with Crippen molar-refractivity contribution < 1.29 is 9.53 Å². The van der Waals surface area contributed by atoms with Gasteiger partial charge in [-0.05, 0) is 39.2 Å². The number of piperidine rings is 2. The number of hydrogen-bond donors (Lipinski definition) is 1. The zero-order valence-corrected chi connectivity index (χ0v) is 10.9. The Balaban J connectivity index is 1.83. The average Bonchev–Trinajstić information content (AvgIpc) is 2.38. The molecule has 0 aromatic heterocycles. The SMILES string of the molecule is COC1CCN(C(=O)C2CCNC(C)C2)CC1. The molecule has 2 fully saturated rings. The summed E-state index contributed by atoms with van der Waals surface area (Å²) in [6.45, 7) is 4.88. The molecule has 4 heteroatoms. The maximum absolute atomic E-state index is 12.4. The molecule has 0 saturated carbocycles. The molecule has 2 aliphatic heterocycles. The summed E-state index contributed by atoms with van der Waals surface area (Å²) in [7, 11) is 1.76. The Morgan fingerprint density at radius 3 is 2.59 bits per heavy atom. The summed E-state index contributed by atoms with van der Waals surface area (Å²) in [5, 5.41) is 3.40. The first-order valence-corrected chi connectivity index (χ1v) is 6.75. The third kappa shape index (κ3) is 3.19. The van der Waals surface area contributed by atoms with Crippen LogP contribution in [0.2, 0.25) is 0 Å². The second-order valence-electron chi connectivity index (χ2n) is 5.34. The van der Waals surface area contributed by atoms with Crippen molar-refractivity contribution >= 4 is 5.91 Å². The molecule has 1 N–H and O–H groups in total. The molecule has 2 unspecified atom stereocenters. The molecule has 17 heavy (non-hydrogen) atoms. The molecule has 1 amide bonds. The standard InChI is InChI=1S/C13H24N2O2/c1-10-9-11(3-6-14-10)13(16)15-7-4-12(17-2)5-8-15/h10-12,14H,3-9H2,1-2H3. The Kier molecular flexibility index (Phi) is 4.40. The van der Waals surface area contributed by atoms with E-state index < -0.39 is 0 Å². The van der Waals surface area contributed by atoms with Crippen LogP contribution < -0.4 is 5.32 Å². The summed E-state index contributed by atoms with van der Waals surface area (Å²) in [5.74, 6) is 0.609. The molecule has 2 rings (SSSR count). The van der Waals surface area contributed by atoms with Gasteiger partial charge in [-0.25, -0.2) is 0 Å². The Bertz CT molecular complexity index is 262. The first kappa shape index (κ1) is 12.8. The summed E-state index contributed by atoms with van der Waals surface area (Å²) in [6.07, 6.45) is 4.31. The van der Waals surface area contributed by atoms with Crippen LogP contribution >= 0.6 is 0 Å². The smallest absolute Gasteiger partial charge is 0.225 e. The monoisotopic (exact) mass is 240 g/mol. The van der Waals surface area contributed by atoms with E-state index in [0.717, 1.165) is 45.3 Å². The topological polar surface area (TPSA) is 41.6 Å². The van der Waals surface area contributed by atoms with E-state index in [2.05, 4.69) is 12.2 Å². The molecule has 98 valence electrons. The molecule has 0 radical (unpaired) electrons. The zero-order valence-electron chi connectivity index (χ0n) is 10.9. The van der Waals surface area contributed by atoms with E-state index in [1.54, 1.807) is 7.11 Å². The van der Waals surface area contributed by atoms with Crippen molar-refractivity contribution in [1.82, 2.24) is 10.2 Å². The molecule has 2 aliphatic rings. The van der Waals surface area contributed by atoms with Gasteiger partial charge in [0, 0.05) is 32.2 Å². The molecule has 2 atom stereocenters. The predicted octanol–water partition coefficient (Wildman–Crippen LogP) is 1.01. The lowest BCUT2D eigenvalue weighted by Crippen LogP contribution is -2.47. The Morgan fingerprint density at radius 2 is 2.00 bits per heavy atom. The van der Waals surface area contributed by atoms with E-state index in [9.17, 15) is 4.79 Å². The van der Waals surface area contributed by atoms with Crippen LogP contribution in [0, 0.1) is 5.92 Å². The van der Waals surface area contributed by atoms with Crippen molar-refractivity contribution in [1.29, 1.82) is 0 Å². The number of ether oxygens (including phenoxy) is 1. The van der Waals surface area contributed by atoms with Gasteiger partial charge in [-0.1, -0.05) is 0 Å². The zero-order chi connectivity index (χ0) is 12.3. The van der Waals surface area contributed by atoms with E-state index in [-0.39, 0.29) is 5.92 Å². The van der Waals surface area contributed by atoms with Crippen LogP contribution in [0.25, 0.3) is 0 Å². The number of carbonyl (C=O) groups is 1. The normalized spacial score (nSPS) is 31.5. The molecule has 0 aromatic rings. The Labute approximate surface area is 104 Å². The summed E-state index contributed by atoms with van der Waals surface area (Å²) < 4.78 is 5.33. The minimum Gasteiger partial charge on any atom is -0.381 e. The van der Waals surface area contributed by atoms with Crippen LogP contribution in [0.4, 0.5) is 0 Å². The Morgan fingerprint density at radius 1 is 1.29 bits per heavy atom. The molecule has 2 heterocycles. The fourth-order valence-corrected chi connectivity index (χ4v) is 2.93. The van der Waals surface area contributed by atoms with Gasteiger partial charge in [-0.2, -0.15) is 0 Å². The molecule has 0 bridgehead atoms. The van der Waals surface area contributed by atoms with E-state index >= 15 is 0 Å². The molecule has 0 spiro atoms. The third-order valence-electron chi connectivity index (χ3n) is 4.06. The highest BCUT2D eigenvalue weighted by atomic mass is 16.5. The maximum atomic E-state index is 12.4. The number of hydrogen-bond acceptors (Lipinski definition) is 3. The van der Waals surface area contributed by atoms with E-state index in [1.165, 1.54) is 0 Å². The average molecular weight is 240 g/mol. The molecule has 2 saturated heterocycles. The largest absolute Gasteiger partial charge is 0.381 e. The summed E-state index contributed by atoms with van der Waals surface area (Å²) in [6, 6.07) is 0.481.